The van der Waals surface area contributed by atoms with Gasteiger partial charge in [0, 0.05) is 4.90 Å². The molecule has 2 N–H and O–H groups in total. The molecule has 2 nitrogen and oxygen atoms in total. The molecule has 2 aromatic rings. The molecule has 0 spiro atoms. The van der Waals surface area contributed by atoms with Crippen LogP contribution in [0.3, 0.4) is 0 Å². The predicted octanol–water partition coefficient (Wildman–Crippen LogP) is 3.84. The molecule has 0 atom stereocenters. The predicted molar refractivity (Wildman–Crippen MR) is 77.5 cm³/mol. The zero-order valence-corrected chi connectivity index (χ0v) is 11.5. The summed E-state index contributed by atoms with van der Waals surface area (Å²) in [7, 11) is 0. The molecule has 0 bridgehead atoms. The molecule has 19 heavy (non-hydrogen) atoms. The minimum Gasteiger partial charge on any atom is -0.456 e. The molecule has 0 aromatic heterocycles. The largest absolute Gasteiger partial charge is 0.456 e. The summed E-state index contributed by atoms with van der Waals surface area (Å²) in [6.07, 6.45) is 2.59. The lowest BCUT2D eigenvalue weighted by molar-refractivity contribution is 0.463. The normalized spacial score (nSPS) is 10.5. The summed E-state index contributed by atoms with van der Waals surface area (Å²) in [4.78, 5) is 1.05. The van der Waals surface area contributed by atoms with E-state index in [1.54, 1.807) is 17.8 Å². The van der Waals surface area contributed by atoms with Crippen LogP contribution in [0.4, 0.5) is 4.39 Å². The molecule has 0 saturated carbocycles. The Morgan fingerprint density at radius 1 is 1.16 bits per heavy atom. The highest BCUT2D eigenvalue weighted by atomic mass is 32.2. The van der Waals surface area contributed by atoms with Crippen LogP contribution < -0.4 is 10.5 Å². The van der Waals surface area contributed by atoms with E-state index in [0.717, 1.165) is 16.2 Å². The molecule has 0 aliphatic carbocycles. The molecule has 2 aromatic carbocycles. The van der Waals surface area contributed by atoms with E-state index in [1.807, 2.05) is 30.5 Å². The van der Waals surface area contributed by atoms with Crippen LogP contribution in [0.15, 0.2) is 47.4 Å². The fourth-order valence-electron chi connectivity index (χ4n) is 1.82. The standard InChI is InChI=1S/C15H16FNOS/c1-19-15-5-3-2-4-14(15)18-13-7-6-12(16)10-11(13)8-9-17/h2-7,10H,8-9,17H2,1H3. The minimum absolute atomic E-state index is 0.269. The maximum atomic E-state index is 13.3. The molecule has 0 unspecified atom stereocenters. The van der Waals surface area contributed by atoms with Gasteiger partial charge in [-0.15, -0.1) is 11.8 Å². The van der Waals surface area contributed by atoms with Gasteiger partial charge in [-0.3, -0.25) is 0 Å². The quantitative estimate of drug-likeness (QED) is 0.843. The van der Waals surface area contributed by atoms with Crippen molar-refractivity contribution in [2.45, 2.75) is 11.3 Å². The monoisotopic (exact) mass is 277 g/mol. The average Bonchev–Trinajstić information content (AvgIpc) is 2.43. The second-order valence-electron chi connectivity index (χ2n) is 4.04. The third-order valence-corrected chi connectivity index (χ3v) is 3.50. The van der Waals surface area contributed by atoms with Gasteiger partial charge in [0.25, 0.3) is 0 Å². The maximum absolute atomic E-state index is 13.3. The van der Waals surface area contributed by atoms with E-state index in [4.69, 9.17) is 10.5 Å². The summed E-state index contributed by atoms with van der Waals surface area (Å²) in [6, 6.07) is 12.3. The first-order valence-corrected chi connectivity index (χ1v) is 7.26. The number of ether oxygens (including phenoxy) is 1. The van der Waals surface area contributed by atoms with Crippen LogP contribution in [0.1, 0.15) is 5.56 Å². The topological polar surface area (TPSA) is 35.2 Å². The summed E-state index contributed by atoms with van der Waals surface area (Å²) in [5, 5.41) is 0. The summed E-state index contributed by atoms with van der Waals surface area (Å²) >= 11 is 1.61. The van der Waals surface area contributed by atoms with E-state index in [1.165, 1.54) is 12.1 Å². The van der Waals surface area contributed by atoms with Crippen molar-refractivity contribution in [1.82, 2.24) is 0 Å². The van der Waals surface area contributed by atoms with Crippen molar-refractivity contribution in [2.24, 2.45) is 5.73 Å². The molecule has 0 amide bonds. The van der Waals surface area contributed by atoms with Crippen molar-refractivity contribution in [3.63, 3.8) is 0 Å². The molecule has 0 aliphatic rings. The van der Waals surface area contributed by atoms with E-state index in [0.29, 0.717) is 18.7 Å². The van der Waals surface area contributed by atoms with Gasteiger partial charge in [-0.1, -0.05) is 12.1 Å². The SMILES string of the molecule is CSc1ccccc1Oc1ccc(F)cc1CCN. The van der Waals surface area contributed by atoms with Crippen LogP contribution in [-0.4, -0.2) is 12.8 Å². The Morgan fingerprint density at radius 2 is 1.95 bits per heavy atom. The van der Waals surface area contributed by atoms with Gasteiger partial charge in [0.15, 0.2) is 0 Å². The van der Waals surface area contributed by atoms with Crippen molar-refractivity contribution in [1.29, 1.82) is 0 Å². The first kappa shape index (κ1) is 13.9. The van der Waals surface area contributed by atoms with Gasteiger partial charge in [-0.25, -0.2) is 4.39 Å². The van der Waals surface area contributed by atoms with E-state index in [2.05, 4.69) is 0 Å². The Hall–Kier alpha value is -1.52. The number of halogens is 1. The van der Waals surface area contributed by atoms with Gasteiger partial charge >= 0.3 is 0 Å². The zero-order chi connectivity index (χ0) is 13.7. The number of hydrogen-bond donors (Lipinski definition) is 1. The molecule has 0 radical (unpaired) electrons. The van der Waals surface area contributed by atoms with E-state index in [9.17, 15) is 4.39 Å². The second kappa shape index (κ2) is 6.59. The summed E-state index contributed by atoms with van der Waals surface area (Å²) in [6.45, 7) is 0.462. The number of hydrogen-bond acceptors (Lipinski definition) is 3. The summed E-state index contributed by atoms with van der Waals surface area (Å²) < 4.78 is 19.2. The highest BCUT2D eigenvalue weighted by molar-refractivity contribution is 7.98. The molecule has 0 saturated heterocycles. The fraction of sp³-hybridized carbons (Fsp3) is 0.200. The Kier molecular flexibility index (Phi) is 4.82. The van der Waals surface area contributed by atoms with Gasteiger partial charge in [0.1, 0.15) is 17.3 Å². The lowest BCUT2D eigenvalue weighted by atomic mass is 10.1. The Labute approximate surface area is 116 Å². The third kappa shape index (κ3) is 3.49. The van der Waals surface area contributed by atoms with Gasteiger partial charge in [0.05, 0.1) is 0 Å². The highest BCUT2D eigenvalue weighted by Crippen LogP contribution is 2.33. The molecule has 2 rings (SSSR count). The summed E-state index contributed by atoms with van der Waals surface area (Å²) in [5.74, 6) is 1.17. The number of para-hydroxylation sites is 1. The van der Waals surface area contributed by atoms with E-state index >= 15 is 0 Å². The van der Waals surface area contributed by atoms with E-state index < -0.39 is 0 Å². The van der Waals surface area contributed by atoms with Crippen molar-refractivity contribution in [2.75, 3.05) is 12.8 Å². The van der Waals surface area contributed by atoms with Crippen LogP contribution in [-0.2, 0) is 6.42 Å². The smallest absolute Gasteiger partial charge is 0.140 e. The Balaban J connectivity index is 2.32. The molecular weight excluding hydrogens is 261 g/mol. The number of rotatable bonds is 5. The minimum atomic E-state index is -0.269. The van der Waals surface area contributed by atoms with Gasteiger partial charge in [-0.05, 0) is 55.1 Å². The van der Waals surface area contributed by atoms with Gasteiger partial charge < -0.3 is 10.5 Å². The lowest BCUT2D eigenvalue weighted by Crippen LogP contribution is -2.04. The van der Waals surface area contributed by atoms with Crippen molar-refractivity contribution < 1.29 is 9.13 Å². The van der Waals surface area contributed by atoms with E-state index in [-0.39, 0.29) is 5.82 Å². The third-order valence-electron chi connectivity index (χ3n) is 2.73. The van der Waals surface area contributed by atoms with Crippen molar-refractivity contribution >= 4 is 11.8 Å². The van der Waals surface area contributed by atoms with Crippen LogP contribution in [0.2, 0.25) is 0 Å². The first-order valence-electron chi connectivity index (χ1n) is 6.04. The van der Waals surface area contributed by atoms with Crippen molar-refractivity contribution in [3.8, 4) is 11.5 Å². The highest BCUT2D eigenvalue weighted by Gasteiger charge is 2.08. The molecular formula is C15H16FNOS. The first-order chi connectivity index (χ1) is 9.24. The Morgan fingerprint density at radius 3 is 2.68 bits per heavy atom. The Bertz CT molecular complexity index is 560. The molecule has 0 fully saturated rings. The summed E-state index contributed by atoms with van der Waals surface area (Å²) in [5.41, 5.74) is 6.34. The van der Waals surface area contributed by atoms with Crippen LogP contribution >= 0.6 is 11.8 Å². The zero-order valence-electron chi connectivity index (χ0n) is 10.7. The maximum Gasteiger partial charge on any atom is 0.140 e. The molecule has 4 heteroatoms. The van der Waals surface area contributed by atoms with Crippen molar-refractivity contribution in [3.05, 3.63) is 53.8 Å². The molecule has 0 heterocycles. The second-order valence-corrected chi connectivity index (χ2v) is 4.89. The van der Waals surface area contributed by atoms with Crippen LogP contribution in [0.5, 0.6) is 11.5 Å². The molecule has 0 aliphatic heterocycles. The van der Waals surface area contributed by atoms with Gasteiger partial charge in [-0.2, -0.15) is 0 Å². The lowest BCUT2D eigenvalue weighted by Gasteiger charge is -2.13. The fourth-order valence-corrected chi connectivity index (χ4v) is 2.35. The number of benzene rings is 2. The average molecular weight is 277 g/mol. The van der Waals surface area contributed by atoms with Gasteiger partial charge in [0.2, 0.25) is 0 Å². The number of thioether (sulfide) groups is 1. The number of nitrogens with two attached hydrogens (primary N) is 1. The molecule has 100 valence electrons. The van der Waals surface area contributed by atoms with Crippen LogP contribution in [0, 0.1) is 5.82 Å². The van der Waals surface area contributed by atoms with Crippen LogP contribution in [0.25, 0.3) is 0 Å².